The number of alkyl halides is 3. The van der Waals surface area contributed by atoms with Crippen molar-refractivity contribution in [3.05, 3.63) is 33.8 Å². The molecule has 1 saturated carbocycles. The lowest BCUT2D eigenvalue weighted by molar-refractivity contribution is -0.138. The van der Waals surface area contributed by atoms with Gasteiger partial charge in [0.05, 0.1) is 5.56 Å². The second-order valence-electron chi connectivity index (χ2n) is 5.51. The van der Waals surface area contributed by atoms with Crippen molar-refractivity contribution in [3.63, 3.8) is 0 Å². The third kappa shape index (κ3) is 3.43. The second-order valence-corrected chi connectivity index (χ2v) is 6.42. The van der Waals surface area contributed by atoms with Crippen molar-refractivity contribution < 1.29 is 18.0 Å². The molecule has 0 atom stereocenters. The molecule has 1 aromatic rings. The van der Waals surface area contributed by atoms with E-state index in [9.17, 15) is 18.0 Å². The Kier molecular flexibility index (Phi) is 4.57. The molecule has 0 N–H and O–H groups in total. The zero-order valence-corrected chi connectivity index (χ0v) is 12.7. The highest BCUT2D eigenvalue weighted by Gasteiger charge is 2.37. The molecule has 0 radical (unpaired) electrons. The summed E-state index contributed by atoms with van der Waals surface area (Å²) in [6.45, 7) is 2.11. The van der Waals surface area contributed by atoms with Crippen molar-refractivity contribution in [1.82, 2.24) is 0 Å². The highest BCUT2D eigenvalue weighted by molar-refractivity contribution is 9.10. The smallest absolute Gasteiger partial charge is 0.294 e. The normalized spacial score (nSPS) is 23.6. The lowest BCUT2D eigenvalue weighted by atomic mass is 9.79. The fourth-order valence-electron chi connectivity index (χ4n) is 2.71. The van der Waals surface area contributed by atoms with Gasteiger partial charge in [0, 0.05) is 16.0 Å². The van der Waals surface area contributed by atoms with Crippen molar-refractivity contribution in [2.45, 2.75) is 38.8 Å². The molecule has 1 fully saturated rings. The summed E-state index contributed by atoms with van der Waals surface area (Å²) in [5.74, 6) is -0.0729. The number of carbonyl (C=O) groups is 1. The zero-order chi connectivity index (χ0) is 14.9. The van der Waals surface area contributed by atoms with Crippen molar-refractivity contribution >= 4 is 21.7 Å². The van der Waals surface area contributed by atoms with E-state index in [1.807, 2.05) is 0 Å². The van der Waals surface area contributed by atoms with Crippen molar-refractivity contribution in [1.29, 1.82) is 0 Å². The van der Waals surface area contributed by atoms with Crippen molar-refractivity contribution in [2.24, 2.45) is 11.8 Å². The quantitative estimate of drug-likeness (QED) is 0.647. The molecule has 0 aromatic heterocycles. The van der Waals surface area contributed by atoms with Crippen LogP contribution in [-0.2, 0) is 6.18 Å². The molecule has 0 heterocycles. The van der Waals surface area contributed by atoms with Gasteiger partial charge >= 0.3 is 6.18 Å². The molecule has 0 saturated heterocycles. The van der Waals surface area contributed by atoms with Gasteiger partial charge < -0.3 is 0 Å². The molecule has 0 spiro atoms. The highest BCUT2D eigenvalue weighted by atomic mass is 79.9. The molecule has 1 aliphatic carbocycles. The van der Waals surface area contributed by atoms with E-state index in [0.29, 0.717) is 23.2 Å². The fraction of sp³-hybridized carbons (Fsp3) is 0.533. The fourth-order valence-corrected chi connectivity index (χ4v) is 3.07. The molecule has 0 amide bonds. The number of halogens is 4. The molecule has 5 heteroatoms. The Hall–Kier alpha value is -0.840. The summed E-state index contributed by atoms with van der Waals surface area (Å²) in [5, 5.41) is 0. The zero-order valence-electron chi connectivity index (χ0n) is 11.1. The molecule has 0 bridgehead atoms. The van der Waals surface area contributed by atoms with Crippen LogP contribution >= 0.6 is 15.9 Å². The molecular formula is C15H16BrF3O. The SMILES string of the molecule is CC1CCC(C(=O)c2ccc(Br)cc2C(F)(F)F)CC1. The van der Waals surface area contributed by atoms with Crippen LogP contribution in [0.4, 0.5) is 13.2 Å². The summed E-state index contributed by atoms with van der Waals surface area (Å²) < 4.78 is 39.5. The largest absolute Gasteiger partial charge is 0.417 e. The Balaban J connectivity index is 2.30. The van der Waals surface area contributed by atoms with Gasteiger partial charge in [0.2, 0.25) is 0 Å². The first-order valence-corrected chi connectivity index (χ1v) is 7.49. The number of Topliss-reactive ketones (excluding diaryl/α,β-unsaturated/α-hetero) is 1. The molecule has 1 aliphatic rings. The van der Waals surface area contributed by atoms with Crippen molar-refractivity contribution in [2.75, 3.05) is 0 Å². The molecule has 1 nitrogen and oxygen atoms in total. The Labute approximate surface area is 124 Å². The van der Waals surface area contributed by atoms with E-state index in [-0.39, 0.29) is 17.3 Å². The van der Waals surface area contributed by atoms with Gasteiger partial charge in [-0.15, -0.1) is 0 Å². The van der Waals surface area contributed by atoms with Gasteiger partial charge in [-0.25, -0.2) is 0 Å². The maximum atomic E-state index is 13.0. The summed E-state index contributed by atoms with van der Waals surface area (Å²) in [4.78, 5) is 12.4. The lowest BCUT2D eigenvalue weighted by Crippen LogP contribution is -2.23. The highest BCUT2D eigenvalue weighted by Crippen LogP contribution is 2.37. The minimum atomic E-state index is -4.50. The predicted octanol–water partition coefficient (Wildman–Crippen LogP) is 5.48. The van der Waals surface area contributed by atoms with E-state index in [1.165, 1.54) is 12.1 Å². The lowest BCUT2D eigenvalue weighted by Gasteiger charge is -2.26. The average molecular weight is 349 g/mol. The number of hydrogen-bond acceptors (Lipinski definition) is 1. The topological polar surface area (TPSA) is 17.1 Å². The Morgan fingerprint density at radius 1 is 1.20 bits per heavy atom. The maximum absolute atomic E-state index is 13.0. The number of benzene rings is 1. The van der Waals surface area contributed by atoms with Gasteiger partial charge in [0.1, 0.15) is 0 Å². The van der Waals surface area contributed by atoms with Gasteiger partial charge in [0.15, 0.2) is 5.78 Å². The van der Waals surface area contributed by atoms with Crippen LogP contribution in [0.2, 0.25) is 0 Å². The first-order chi connectivity index (χ1) is 9.29. The maximum Gasteiger partial charge on any atom is 0.417 e. The summed E-state index contributed by atoms with van der Waals surface area (Å²) in [5.41, 5.74) is -1.03. The summed E-state index contributed by atoms with van der Waals surface area (Å²) >= 11 is 3.03. The van der Waals surface area contributed by atoms with Gasteiger partial charge in [-0.05, 0) is 37.0 Å². The van der Waals surface area contributed by atoms with Crippen LogP contribution in [0.15, 0.2) is 22.7 Å². The molecule has 0 unspecified atom stereocenters. The molecule has 0 aliphatic heterocycles. The Bertz CT molecular complexity index is 502. The van der Waals surface area contributed by atoms with E-state index in [0.717, 1.165) is 18.9 Å². The van der Waals surface area contributed by atoms with E-state index in [4.69, 9.17) is 0 Å². The van der Waals surface area contributed by atoms with Crippen LogP contribution in [0.25, 0.3) is 0 Å². The number of hydrogen-bond donors (Lipinski definition) is 0. The first-order valence-electron chi connectivity index (χ1n) is 6.70. The summed E-state index contributed by atoms with van der Waals surface area (Å²) in [6, 6.07) is 3.76. The van der Waals surface area contributed by atoms with Gasteiger partial charge in [0.25, 0.3) is 0 Å². The first kappa shape index (κ1) is 15.5. The second kappa shape index (κ2) is 5.88. The van der Waals surface area contributed by atoms with E-state index in [2.05, 4.69) is 22.9 Å². The molecule has 1 aromatic carbocycles. The standard InChI is InChI=1S/C15H16BrF3O/c1-9-2-4-10(5-3-9)14(20)12-7-6-11(16)8-13(12)15(17,18)19/h6-10H,2-5H2,1H3. The van der Waals surface area contributed by atoms with Crippen LogP contribution < -0.4 is 0 Å². The number of carbonyl (C=O) groups excluding carboxylic acids is 1. The summed E-state index contributed by atoms with van der Waals surface area (Å²) in [7, 11) is 0. The van der Waals surface area contributed by atoms with Crippen LogP contribution in [0, 0.1) is 11.8 Å². The Morgan fingerprint density at radius 3 is 2.35 bits per heavy atom. The number of rotatable bonds is 2. The van der Waals surface area contributed by atoms with Crippen LogP contribution in [0.1, 0.15) is 48.5 Å². The molecular weight excluding hydrogens is 333 g/mol. The van der Waals surface area contributed by atoms with Gasteiger partial charge in [-0.2, -0.15) is 13.2 Å². The van der Waals surface area contributed by atoms with E-state index >= 15 is 0 Å². The minimum Gasteiger partial charge on any atom is -0.294 e. The van der Waals surface area contributed by atoms with Crippen LogP contribution in [-0.4, -0.2) is 5.78 Å². The van der Waals surface area contributed by atoms with Crippen molar-refractivity contribution in [3.8, 4) is 0 Å². The monoisotopic (exact) mass is 348 g/mol. The van der Waals surface area contributed by atoms with Crippen LogP contribution in [0.3, 0.4) is 0 Å². The van der Waals surface area contributed by atoms with Crippen LogP contribution in [0.5, 0.6) is 0 Å². The molecule has 20 heavy (non-hydrogen) atoms. The molecule has 110 valence electrons. The Morgan fingerprint density at radius 2 is 1.80 bits per heavy atom. The summed E-state index contributed by atoms with van der Waals surface area (Å²) in [6.07, 6.45) is -1.31. The third-order valence-corrected chi connectivity index (χ3v) is 4.43. The number of ketones is 1. The molecule has 2 rings (SSSR count). The predicted molar refractivity (Wildman–Crippen MR) is 74.6 cm³/mol. The average Bonchev–Trinajstić information content (AvgIpc) is 2.38. The van der Waals surface area contributed by atoms with E-state index < -0.39 is 11.7 Å². The van der Waals surface area contributed by atoms with Gasteiger partial charge in [-0.3, -0.25) is 4.79 Å². The minimum absolute atomic E-state index is 0.194. The third-order valence-electron chi connectivity index (χ3n) is 3.94. The van der Waals surface area contributed by atoms with Gasteiger partial charge in [-0.1, -0.05) is 35.7 Å². The van der Waals surface area contributed by atoms with E-state index in [1.54, 1.807) is 0 Å².